The zero-order chi connectivity index (χ0) is 21.6. The summed E-state index contributed by atoms with van der Waals surface area (Å²) in [7, 11) is 0. The van der Waals surface area contributed by atoms with E-state index < -0.39 is 11.7 Å². The fourth-order valence-corrected chi connectivity index (χ4v) is 3.82. The molecule has 0 aliphatic rings. The molecule has 1 heterocycles. The number of benzene rings is 2. The molecule has 0 saturated carbocycles. The van der Waals surface area contributed by atoms with Crippen molar-refractivity contribution in [2.24, 2.45) is 0 Å². The van der Waals surface area contributed by atoms with E-state index >= 15 is 0 Å². The van der Waals surface area contributed by atoms with Gasteiger partial charge in [0.1, 0.15) is 5.01 Å². The molecule has 1 amide bonds. The van der Waals surface area contributed by atoms with Crippen molar-refractivity contribution in [3.8, 4) is 10.6 Å². The maximum Gasteiger partial charge on any atom is 0.416 e. The van der Waals surface area contributed by atoms with Crippen LogP contribution in [0.15, 0.2) is 60.0 Å². The summed E-state index contributed by atoms with van der Waals surface area (Å²) in [6, 6.07) is 14.7. The average molecular weight is 434 g/mol. The predicted octanol–water partition coefficient (Wildman–Crippen LogP) is 4.44. The van der Waals surface area contributed by atoms with Crippen LogP contribution < -0.4 is 0 Å². The molecule has 3 aromatic rings. The Kier molecular flexibility index (Phi) is 7.23. The van der Waals surface area contributed by atoms with E-state index in [4.69, 9.17) is 0 Å². The second-order valence-electron chi connectivity index (χ2n) is 6.74. The van der Waals surface area contributed by atoms with Gasteiger partial charge in [0.15, 0.2) is 0 Å². The molecular formula is C22H21F3N2O2S. The van der Waals surface area contributed by atoms with Gasteiger partial charge in [0, 0.05) is 24.0 Å². The number of amides is 1. The van der Waals surface area contributed by atoms with Crippen LogP contribution in [0, 0.1) is 0 Å². The minimum atomic E-state index is -4.42. The van der Waals surface area contributed by atoms with E-state index in [1.165, 1.54) is 17.4 Å². The Labute approximate surface area is 176 Å². The molecule has 0 bridgehead atoms. The highest BCUT2D eigenvalue weighted by molar-refractivity contribution is 7.13. The zero-order valence-electron chi connectivity index (χ0n) is 16.1. The number of aliphatic hydroxyl groups is 1. The number of rotatable bonds is 8. The molecule has 30 heavy (non-hydrogen) atoms. The van der Waals surface area contributed by atoms with Crippen LogP contribution >= 0.6 is 11.3 Å². The molecule has 0 aliphatic heterocycles. The second kappa shape index (κ2) is 9.86. The summed E-state index contributed by atoms with van der Waals surface area (Å²) in [4.78, 5) is 18.6. The Morgan fingerprint density at radius 3 is 2.53 bits per heavy atom. The highest BCUT2D eigenvalue weighted by Gasteiger charge is 2.30. The number of carbonyl (C=O) groups is 1. The van der Waals surface area contributed by atoms with Gasteiger partial charge in [-0.2, -0.15) is 13.2 Å². The predicted molar refractivity (Wildman–Crippen MR) is 110 cm³/mol. The van der Waals surface area contributed by atoms with E-state index in [1.54, 1.807) is 16.3 Å². The number of alkyl halides is 3. The summed E-state index contributed by atoms with van der Waals surface area (Å²) < 4.78 is 38.8. The molecule has 0 spiro atoms. The molecule has 0 radical (unpaired) electrons. The summed E-state index contributed by atoms with van der Waals surface area (Å²) in [5, 5.41) is 11.4. The molecule has 0 fully saturated rings. The van der Waals surface area contributed by atoms with Crippen molar-refractivity contribution >= 4 is 17.2 Å². The van der Waals surface area contributed by atoms with Crippen molar-refractivity contribution in [1.29, 1.82) is 0 Å². The van der Waals surface area contributed by atoms with Crippen molar-refractivity contribution in [3.63, 3.8) is 0 Å². The van der Waals surface area contributed by atoms with Crippen LogP contribution in [0.1, 0.15) is 16.8 Å². The number of aromatic nitrogens is 1. The standard InChI is InChI=1S/C22H21F3N2O2S/c23-22(24,25)18-8-4-7-17(13-18)21-26-19(15-30-21)14-20(29)27(11-12-28)10-9-16-5-2-1-3-6-16/h1-8,13,15,28H,9-12,14H2. The van der Waals surface area contributed by atoms with E-state index in [-0.39, 0.29) is 25.5 Å². The lowest BCUT2D eigenvalue weighted by molar-refractivity contribution is -0.137. The van der Waals surface area contributed by atoms with Crippen LogP contribution in [0.5, 0.6) is 0 Å². The van der Waals surface area contributed by atoms with Crippen molar-refractivity contribution in [3.05, 3.63) is 76.8 Å². The normalized spacial score (nSPS) is 11.5. The minimum Gasteiger partial charge on any atom is -0.395 e. The van der Waals surface area contributed by atoms with Gasteiger partial charge in [-0.3, -0.25) is 4.79 Å². The summed E-state index contributed by atoms with van der Waals surface area (Å²) in [6.45, 7) is 0.539. The first-order chi connectivity index (χ1) is 14.4. The summed E-state index contributed by atoms with van der Waals surface area (Å²) in [5.41, 5.74) is 1.22. The van der Waals surface area contributed by atoms with Gasteiger partial charge in [0.25, 0.3) is 0 Å². The third-order valence-corrected chi connectivity index (χ3v) is 5.50. The van der Waals surface area contributed by atoms with Crippen molar-refractivity contribution in [2.45, 2.75) is 19.0 Å². The first-order valence-corrected chi connectivity index (χ1v) is 10.3. The van der Waals surface area contributed by atoms with Crippen LogP contribution in [-0.2, 0) is 23.8 Å². The van der Waals surface area contributed by atoms with Crippen molar-refractivity contribution < 1.29 is 23.1 Å². The monoisotopic (exact) mass is 434 g/mol. The van der Waals surface area contributed by atoms with E-state index in [1.807, 2.05) is 30.3 Å². The number of hydrogen-bond acceptors (Lipinski definition) is 4. The second-order valence-corrected chi connectivity index (χ2v) is 7.60. The third kappa shape index (κ3) is 5.90. The van der Waals surface area contributed by atoms with Crippen LogP contribution in [-0.4, -0.2) is 40.6 Å². The SMILES string of the molecule is O=C(Cc1csc(-c2cccc(C(F)(F)F)c2)n1)N(CCO)CCc1ccccc1. The molecular weight excluding hydrogens is 413 g/mol. The van der Waals surface area contributed by atoms with E-state index in [2.05, 4.69) is 4.98 Å². The Balaban J connectivity index is 1.67. The smallest absolute Gasteiger partial charge is 0.395 e. The van der Waals surface area contributed by atoms with Gasteiger partial charge >= 0.3 is 6.18 Å². The fraction of sp³-hybridized carbons (Fsp3) is 0.273. The quantitative estimate of drug-likeness (QED) is 0.571. The Bertz CT molecular complexity index is 974. The van der Waals surface area contributed by atoms with Crippen LogP contribution in [0.4, 0.5) is 13.2 Å². The van der Waals surface area contributed by atoms with Gasteiger partial charge in [-0.05, 0) is 24.1 Å². The van der Waals surface area contributed by atoms with Gasteiger partial charge in [-0.1, -0.05) is 42.5 Å². The Morgan fingerprint density at radius 1 is 1.07 bits per heavy atom. The number of aliphatic hydroxyl groups excluding tert-OH is 1. The first kappa shape index (κ1) is 22.0. The maximum atomic E-state index is 12.9. The molecule has 0 aliphatic carbocycles. The maximum absolute atomic E-state index is 12.9. The molecule has 158 valence electrons. The number of thiazole rings is 1. The molecule has 8 heteroatoms. The highest BCUT2D eigenvalue weighted by Crippen LogP contribution is 2.33. The molecule has 4 nitrogen and oxygen atoms in total. The summed E-state index contributed by atoms with van der Waals surface area (Å²) in [6.07, 6.45) is -3.72. The Hall–Kier alpha value is -2.71. The lowest BCUT2D eigenvalue weighted by atomic mass is 10.1. The fourth-order valence-electron chi connectivity index (χ4n) is 3.01. The largest absolute Gasteiger partial charge is 0.416 e. The lowest BCUT2D eigenvalue weighted by Gasteiger charge is -2.21. The average Bonchev–Trinajstić information content (AvgIpc) is 3.20. The molecule has 0 unspecified atom stereocenters. The molecule has 2 aromatic carbocycles. The topological polar surface area (TPSA) is 53.4 Å². The molecule has 0 atom stereocenters. The van der Waals surface area contributed by atoms with Gasteiger partial charge in [0.2, 0.25) is 5.91 Å². The van der Waals surface area contributed by atoms with Gasteiger partial charge in [0.05, 0.1) is 24.3 Å². The van der Waals surface area contributed by atoms with E-state index in [0.29, 0.717) is 29.2 Å². The summed E-state index contributed by atoms with van der Waals surface area (Å²) in [5.74, 6) is -0.180. The number of nitrogens with zero attached hydrogens (tertiary/aromatic N) is 2. The summed E-state index contributed by atoms with van der Waals surface area (Å²) >= 11 is 1.20. The van der Waals surface area contributed by atoms with Crippen LogP contribution in [0.25, 0.3) is 10.6 Å². The lowest BCUT2D eigenvalue weighted by Crippen LogP contribution is -2.36. The first-order valence-electron chi connectivity index (χ1n) is 9.41. The number of hydrogen-bond donors (Lipinski definition) is 1. The van der Waals surface area contributed by atoms with Crippen LogP contribution in [0.2, 0.25) is 0 Å². The number of halogens is 3. The third-order valence-electron chi connectivity index (χ3n) is 4.56. The van der Waals surface area contributed by atoms with Gasteiger partial charge in [-0.25, -0.2) is 4.98 Å². The highest BCUT2D eigenvalue weighted by atomic mass is 32.1. The van der Waals surface area contributed by atoms with E-state index in [0.717, 1.165) is 17.7 Å². The Morgan fingerprint density at radius 2 is 1.83 bits per heavy atom. The zero-order valence-corrected chi connectivity index (χ0v) is 16.9. The minimum absolute atomic E-state index is 0.0320. The molecule has 0 saturated heterocycles. The van der Waals surface area contributed by atoms with Gasteiger partial charge in [-0.15, -0.1) is 11.3 Å². The van der Waals surface area contributed by atoms with Crippen molar-refractivity contribution in [1.82, 2.24) is 9.88 Å². The number of carbonyl (C=O) groups excluding carboxylic acids is 1. The van der Waals surface area contributed by atoms with Crippen molar-refractivity contribution in [2.75, 3.05) is 19.7 Å². The molecule has 1 aromatic heterocycles. The van der Waals surface area contributed by atoms with E-state index in [9.17, 15) is 23.1 Å². The molecule has 3 rings (SSSR count). The molecule has 1 N–H and O–H groups in total. The van der Waals surface area contributed by atoms with Gasteiger partial charge < -0.3 is 10.0 Å². The van der Waals surface area contributed by atoms with Crippen LogP contribution in [0.3, 0.4) is 0 Å².